The molecule has 1 unspecified atom stereocenters. The number of hydrogen-bond donors (Lipinski definition) is 2. The van der Waals surface area contributed by atoms with Crippen LogP contribution in [0.5, 0.6) is 0 Å². The summed E-state index contributed by atoms with van der Waals surface area (Å²) in [6.45, 7) is 2.54. The molecule has 2 aromatic carbocycles. The molecule has 0 radical (unpaired) electrons. The summed E-state index contributed by atoms with van der Waals surface area (Å²) >= 11 is 3.46. The molecule has 24 heavy (non-hydrogen) atoms. The zero-order chi connectivity index (χ0) is 17.4. The van der Waals surface area contributed by atoms with Gasteiger partial charge in [-0.15, -0.1) is 0 Å². The molecule has 0 bridgehead atoms. The number of halogens is 1. The molecular formula is C19H20BrN3O. The Morgan fingerprint density at radius 1 is 1.25 bits per heavy atom. The highest BCUT2D eigenvalue weighted by molar-refractivity contribution is 9.10. The van der Waals surface area contributed by atoms with Gasteiger partial charge in [-0.1, -0.05) is 40.2 Å². The van der Waals surface area contributed by atoms with Crippen LogP contribution in [0.1, 0.15) is 36.1 Å². The van der Waals surface area contributed by atoms with Crippen LogP contribution in [0.25, 0.3) is 0 Å². The molecule has 4 nitrogen and oxygen atoms in total. The van der Waals surface area contributed by atoms with Crippen LogP contribution in [0, 0.1) is 11.3 Å². The molecule has 0 spiro atoms. The quantitative estimate of drug-likeness (QED) is 0.727. The Bertz CT molecular complexity index is 722. The van der Waals surface area contributed by atoms with Gasteiger partial charge in [0, 0.05) is 11.0 Å². The molecule has 2 amide bonds. The molecule has 2 rings (SSSR count). The lowest BCUT2D eigenvalue weighted by molar-refractivity contribution is 0.238. The number of hydrogen-bond acceptors (Lipinski definition) is 2. The van der Waals surface area contributed by atoms with E-state index < -0.39 is 0 Å². The number of aryl methyl sites for hydroxylation is 1. The lowest BCUT2D eigenvalue weighted by Crippen LogP contribution is -2.37. The third-order valence-electron chi connectivity index (χ3n) is 3.70. The lowest BCUT2D eigenvalue weighted by atomic mass is 10.1. The number of nitrogens with zero attached hydrogens (tertiary/aromatic N) is 1. The molecule has 0 aliphatic heterocycles. The van der Waals surface area contributed by atoms with E-state index in [4.69, 9.17) is 5.26 Å². The molecular weight excluding hydrogens is 366 g/mol. The maximum Gasteiger partial charge on any atom is 0.315 e. The van der Waals surface area contributed by atoms with Gasteiger partial charge in [0.2, 0.25) is 0 Å². The summed E-state index contributed by atoms with van der Waals surface area (Å²) in [5.41, 5.74) is 2.83. The second-order valence-corrected chi connectivity index (χ2v) is 6.50. The minimum absolute atomic E-state index is 0.108. The molecule has 0 aliphatic rings. The Labute approximate surface area is 151 Å². The molecule has 5 heteroatoms. The fourth-order valence-electron chi connectivity index (χ4n) is 2.36. The normalized spacial score (nSPS) is 11.4. The minimum Gasteiger partial charge on any atom is -0.338 e. The van der Waals surface area contributed by atoms with E-state index in [1.54, 1.807) is 12.1 Å². The van der Waals surface area contributed by atoms with Crippen molar-refractivity contribution in [2.45, 2.75) is 25.8 Å². The van der Waals surface area contributed by atoms with E-state index in [1.165, 1.54) is 5.56 Å². The van der Waals surface area contributed by atoms with Crippen LogP contribution in [0.2, 0.25) is 0 Å². The molecule has 0 heterocycles. The van der Waals surface area contributed by atoms with Gasteiger partial charge in [-0.25, -0.2) is 4.79 Å². The van der Waals surface area contributed by atoms with Gasteiger partial charge in [0.15, 0.2) is 0 Å². The third kappa shape index (κ3) is 5.71. The second kappa shape index (κ2) is 9.09. The number of urea groups is 1. The number of carbonyl (C=O) groups excluding carboxylic acids is 1. The van der Waals surface area contributed by atoms with E-state index in [9.17, 15) is 4.79 Å². The Balaban J connectivity index is 1.71. The fourth-order valence-corrected chi connectivity index (χ4v) is 2.81. The van der Waals surface area contributed by atoms with Crippen molar-refractivity contribution in [3.63, 3.8) is 0 Å². The summed E-state index contributed by atoms with van der Waals surface area (Å²) < 4.78 is 1.07. The highest BCUT2D eigenvalue weighted by Crippen LogP contribution is 2.14. The van der Waals surface area contributed by atoms with Crippen molar-refractivity contribution in [2.24, 2.45) is 0 Å². The lowest BCUT2D eigenvalue weighted by Gasteiger charge is -2.15. The fraction of sp³-hybridized carbons (Fsp3) is 0.263. The van der Waals surface area contributed by atoms with Crippen LogP contribution >= 0.6 is 15.9 Å². The largest absolute Gasteiger partial charge is 0.338 e. The molecule has 0 aromatic heterocycles. The van der Waals surface area contributed by atoms with Gasteiger partial charge in [-0.2, -0.15) is 5.26 Å². The molecule has 1 atom stereocenters. The van der Waals surface area contributed by atoms with Gasteiger partial charge in [0.05, 0.1) is 17.7 Å². The molecule has 2 N–H and O–H groups in total. The van der Waals surface area contributed by atoms with Gasteiger partial charge in [0.25, 0.3) is 0 Å². The number of carbonyl (C=O) groups is 1. The van der Waals surface area contributed by atoms with E-state index >= 15 is 0 Å². The smallest absolute Gasteiger partial charge is 0.315 e. The van der Waals surface area contributed by atoms with Crippen LogP contribution in [0.4, 0.5) is 4.79 Å². The highest BCUT2D eigenvalue weighted by atomic mass is 79.9. The first kappa shape index (κ1) is 18.0. The number of nitriles is 1. The van der Waals surface area contributed by atoms with Gasteiger partial charge < -0.3 is 10.6 Å². The monoisotopic (exact) mass is 385 g/mol. The van der Waals surface area contributed by atoms with E-state index in [0.717, 1.165) is 22.9 Å². The van der Waals surface area contributed by atoms with Crippen molar-refractivity contribution in [1.82, 2.24) is 10.6 Å². The second-order valence-electron chi connectivity index (χ2n) is 5.59. The zero-order valence-corrected chi connectivity index (χ0v) is 15.1. The topological polar surface area (TPSA) is 64.9 Å². The third-order valence-corrected chi connectivity index (χ3v) is 4.20. The molecule has 0 saturated carbocycles. The Hall–Kier alpha value is -2.32. The van der Waals surface area contributed by atoms with Gasteiger partial charge in [-0.3, -0.25) is 0 Å². The predicted octanol–water partition coefficient (Wildman–Crippen LogP) is 4.31. The van der Waals surface area contributed by atoms with Crippen LogP contribution in [0.3, 0.4) is 0 Å². The van der Waals surface area contributed by atoms with Crippen molar-refractivity contribution in [3.05, 3.63) is 69.7 Å². The van der Waals surface area contributed by atoms with Crippen LogP contribution in [-0.4, -0.2) is 12.6 Å². The Morgan fingerprint density at radius 2 is 2.00 bits per heavy atom. The first-order chi connectivity index (χ1) is 11.6. The predicted molar refractivity (Wildman–Crippen MR) is 98.6 cm³/mol. The van der Waals surface area contributed by atoms with Crippen LogP contribution in [-0.2, 0) is 6.42 Å². The van der Waals surface area contributed by atoms with Crippen molar-refractivity contribution < 1.29 is 4.79 Å². The number of rotatable bonds is 6. The minimum atomic E-state index is -0.180. The summed E-state index contributed by atoms with van der Waals surface area (Å²) in [4.78, 5) is 11.9. The molecule has 2 aromatic rings. The summed E-state index contributed by atoms with van der Waals surface area (Å²) in [7, 11) is 0. The average Bonchev–Trinajstić information content (AvgIpc) is 2.59. The first-order valence-electron chi connectivity index (χ1n) is 7.87. The zero-order valence-electron chi connectivity index (χ0n) is 13.6. The number of amides is 2. The first-order valence-corrected chi connectivity index (χ1v) is 8.66. The van der Waals surface area contributed by atoms with Crippen molar-refractivity contribution in [3.8, 4) is 6.07 Å². The number of benzene rings is 2. The van der Waals surface area contributed by atoms with Crippen LogP contribution < -0.4 is 10.6 Å². The molecule has 0 saturated heterocycles. The van der Waals surface area contributed by atoms with Crippen molar-refractivity contribution in [1.29, 1.82) is 5.26 Å². The van der Waals surface area contributed by atoms with Gasteiger partial charge in [-0.05, 0) is 55.2 Å². The highest BCUT2D eigenvalue weighted by Gasteiger charge is 2.08. The summed E-state index contributed by atoms with van der Waals surface area (Å²) in [6.07, 6.45) is 1.81. The number of nitrogens with one attached hydrogen (secondary N) is 2. The summed E-state index contributed by atoms with van der Waals surface area (Å²) in [5.74, 6) is 0. The van der Waals surface area contributed by atoms with E-state index in [1.807, 2.05) is 31.2 Å². The molecule has 0 aliphatic carbocycles. The van der Waals surface area contributed by atoms with E-state index in [2.05, 4.69) is 44.8 Å². The van der Waals surface area contributed by atoms with Crippen molar-refractivity contribution in [2.75, 3.05) is 6.54 Å². The molecule has 0 fully saturated rings. The standard InChI is InChI=1S/C19H20BrN3O/c1-14(17-9-7-16(13-21)8-10-17)23-19(24)22-11-3-5-15-4-2-6-18(20)12-15/h2,4,6-10,12,14H,3,5,11H2,1H3,(H2,22,23,24). The van der Waals surface area contributed by atoms with E-state index in [0.29, 0.717) is 12.1 Å². The Morgan fingerprint density at radius 3 is 2.67 bits per heavy atom. The summed E-state index contributed by atoms with van der Waals surface area (Å²) in [5, 5.41) is 14.6. The SMILES string of the molecule is CC(NC(=O)NCCCc1cccc(Br)c1)c1ccc(C#N)cc1. The maximum absolute atomic E-state index is 11.9. The van der Waals surface area contributed by atoms with E-state index in [-0.39, 0.29) is 12.1 Å². The summed E-state index contributed by atoms with van der Waals surface area (Å²) in [6, 6.07) is 17.2. The van der Waals surface area contributed by atoms with Gasteiger partial charge in [0.1, 0.15) is 0 Å². The Kier molecular flexibility index (Phi) is 6.83. The van der Waals surface area contributed by atoms with Crippen LogP contribution in [0.15, 0.2) is 53.0 Å². The maximum atomic E-state index is 11.9. The average molecular weight is 386 g/mol. The van der Waals surface area contributed by atoms with Crippen molar-refractivity contribution >= 4 is 22.0 Å². The molecule has 124 valence electrons. The van der Waals surface area contributed by atoms with Gasteiger partial charge >= 0.3 is 6.03 Å².